The number of aromatic nitrogens is 7. The number of hydrogen-bond donors (Lipinski definition) is 1. The number of rotatable bonds is 5. The van der Waals surface area contributed by atoms with Crippen LogP contribution in [0.15, 0.2) is 71.9 Å². The van der Waals surface area contributed by atoms with Crippen LogP contribution in [-0.2, 0) is 18.2 Å². The molecule has 9 rings (SSSR count). The van der Waals surface area contributed by atoms with Gasteiger partial charge in [0.05, 0.1) is 45.8 Å². The summed E-state index contributed by atoms with van der Waals surface area (Å²) in [4.78, 5) is 33.9. The minimum absolute atomic E-state index is 0.0741. The van der Waals surface area contributed by atoms with Crippen LogP contribution >= 0.6 is 0 Å². The average molecular weight is 745 g/mol. The fraction of sp³-hybridized carbons (Fsp3) is 0.333. The summed E-state index contributed by atoms with van der Waals surface area (Å²) >= 11 is 0. The Bertz CT molecular complexity index is 2720. The number of aromatic amines is 1. The van der Waals surface area contributed by atoms with Crippen LogP contribution in [0.5, 0.6) is 0 Å². The lowest BCUT2D eigenvalue weighted by molar-refractivity contribution is -0.0592. The molecule has 3 aromatic carbocycles. The lowest BCUT2D eigenvalue weighted by atomic mass is 9.83. The molecular weight excluding hydrogens is 703 g/mol. The Hall–Kier alpha value is -5.82. The van der Waals surface area contributed by atoms with E-state index >= 15 is 4.39 Å². The van der Waals surface area contributed by atoms with Crippen molar-refractivity contribution in [3.05, 3.63) is 123 Å². The summed E-state index contributed by atoms with van der Waals surface area (Å²) in [5, 5.41) is 10.4. The molecule has 0 saturated carbocycles. The predicted molar refractivity (Wildman–Crippen MR) is 206 cm³/mol. The zero-order valence-electron chi connectivity index (χ0n) is 31.7. The van der Waals surface area contributed by atoms with E-state index in [1.165, 1.54) is 27.1 Å². The first-order valence-corrected chi connectivity index (χ1v) is 18.7. The van der Waals surface area contributed by atoms with Crippen molar-refractivity contribution < 1.29 is 18.3 Å². The molecule has 7 aromatic rings. The van der Waals surface area contributed by atoms with Gasteiger partial charge in [-0.05, 0) is 113 Å². The van der Waals surface area contributed by atoms with Crippen molar-refractivity contribution in [1.82, 2.24) is 38.6 Å². The third-order valence-corrected chi connectivity index (χ3v) is 11.5. The molecule has 11 nitrogen and oxygen atoms in total. The van der Waals surface area contributed by atoms with Crippen molar-refractivity contribution in [1.29, 1.82) is 0 Å². The van der Waals surface area contributed by atoms with E-state index in [1.807, 2.05) is 19.1 Å². The number of nitrogens with zero attached hydrogens (tertiary/aromatic N) is 7. The first-order chi connectivity index (χ1) is 26.3. The lowest BCUT2D eigenvalue weighted by Gasteiger charge is -2.35. The lowest BCUT2D eigenvalue weighted by Crippen LogP contribution is -2.39. The van der Waals surface area contributed by atoms with Crippen molar-refractivity contribution in [2.45, 2.75) is 71.4 Å². The van der Waals surface area contributed by atoms with E-state index < -0.39 is 17.5 Å². The zero-order valence-corrected chi connectivity index (χ0v) is 31.7. The normalized spacial score (nSPS) is 18.4. The molecule has 1 N–H and O–H groups in total. The largest absolute Gasteiger partial charge is 0.376 e. The second-order valence-electron chi connectivity index (χ2n) is 15.7. The number of carbonyl (C=O) groups excluding carboxylic acids is 1. The summed E-state index contributed by atoms with van der Waals surface area (Å²) in [7, 11) is 1.73. The Morgan fingerprint density at radius 1 is 1.00 bits per heavy atom. The number of halogens is 2. The number of nitrogens with one attached hydrogen (secondary N) is 1. The molecule has 13 heteroatoms. The van der Waals surface area contributed by atoms with Crippen LogP contribution in [0.1, 0.15) is 84.0 Å². The minimum Gasteiger partial charge on any atom is -0.376 e. The third kappa shape index (κ3) is 5.62. The molecule has 0 aliphatic carbocycles. The fourth-order valence-corrected chi connectivity index (χ4v) is 8.67. The van der Waals surface area contributed by atoms with Gasteiger partial charge >= 0.3 is 5.69 Å². The maximum absolute atomic E-state index is 15.9. The second kappa shape index (κ2) is 12.6. The van der Waals surface area contributed by atoms with Crippen LogP contribution in [0.25, 0.3) is 39.0 Å². The van der Waals surface area contributed by atoms with Gasteiger partial charge in [0, 0.05) is 55.5 Å². The Morgan fingerprint density at radius 2 is 1.76 bits per heavy atom. The summed E-state index contributed by atoms with van der Waals surface area (Å²) < 4.78 is 42.6. The van der Waals surface area contributed by atoms with Gasteiger partial charge < -0.3 is 14.6 Å². The Kier molecular flexibility index (Phi) is 8.01. The van der Waals surface area contributed by atoms with Crippen LogP contribution in [0.3, 0.4) is 0 Å². The van der Waals surface area contributed by atoms with E-state index in [0.717, 1.165) is 36.0 Å². The molecule has 2 aliphatic rings. The molecule has 1 fully saturated rings. The number of carbonyl (C=O) groups is 1. The van der Waals surface area contributed by atoms with Gasteiger partial charge in [-0.1, -0.05) is 6.07 Å². The van der Waals surface area contributed by atoms with Gasteiger partial charge in [0.2, 0.25) is 0 Å². The number of benzene rings is 3. The monoisotopic (exact) mass is 744 g/mol. The smallest absolute Gasteiger partial charge is 0.338 e. The van der Waals surface area contributed by atoms with Crippen molar-refractivity contribution in [3.63, 3.8) is 0 Å². The van der Waals surface area contributed by atoms with E-state index in [1.54, 1.807) is 65.6 Å². The van der Waals surface area contributed by atoms with Gasteiger partial charge in [-0.15, -0.1) is 0 Å². The van der Waals surface area contributed by atoms with Gasteiger partial charge in [0.25, 0.3) is 5.91 Å². The van der Waals surface area contributed by atoms with Gasteiger partial charge in [0.1, 0.15) is 17.3 Å². The highest BCUT2D eigenvalue weighted by Crippen LogP contribution is 2.39. The van der Waals surface area contributed by atoms with E-state index in [9.17, 15) is 14.0 Å². The van der Waals surface area contributed by atoms with Crippen molar-refractivity contribution in [2.24, 2.45) is 7.05 Å². The van der Waals surface area contributed by atoms with Gasteiger partial charge in [-0.2, -0.15) is 10.2 Å². The summed E-state index contributed by atoms with van der Waals surface area (Å²) in [6, 6.07) is 14.4. The van der Waals surface area contributed by atoms with Gasteiger partial charge in [0.15, 0.2) is 5.82 Å². The number of imidazole rings is 1. The van der Waals surface area contributed by atoms with Crippen molar-refractivity contribution >= 4 is 27.7 Å². The highest BCUT2D eigenvalue weighted by atomic mass is 19.1. The first-order valence-electron chi connectivity index (χ1n) is 18.7. The minimum atomic E-state index is -0.571. The van der Waals surface area contributed by atoms with Gasteiger partial charge in [-0.3, -0.25) is 18.6 Å². The summed E-state index contributed by atoms with van der Waals surface area (Å²) in [6.07, 6.45) is 6.84. The van der Waals surface area contributed by atoms with Crippen LogP contribution in [0.2, 0.25) is 0 Å². The van der Waals surface area contributed by atoms with Gasteiger partial charge in [-0.25, -0.2) is 18.3 Å². The zero-order chi connectivity index (χ0) is 38.5. The van der Waals surface area contributed by atoms with Crippen LogP contribution in [0.4, 0.5) is 8.78 Å². The van der Waals surface area contributed by atoms with Crippen LogP contribution in [-0.4, -0.2) is 63.2 Å². The molecule has 1 amide bonds. The van der Waals surface area contributed by atoms with Crippen LogP contribution < -0.4 is 5.69 Å². The summed E-state index contributed by atoms with van der Waals surface area (Å²) in [5.41, 5.74) is 5.37. The Morgan fingerprint density at radius 3 is 2.53 bits per heavy atom. The molecule has 4 aromatic heterocycles. The maximum atomic E-state index is 15.9. The summed E-state index contributed by atoms with van der Waals surface area (Å²) in [6.45, 7) is 10.7. The SMILES string of the molecule is Cc1cc(-n2nc3c(c2-n2ccn(-c4ccc5c(cnn5C)c4F)c2=O)C(C)N(C(=O)c2cc4cc(C5CCOC(C)(C)C5)ccc4[nH]2)CC3)cc(C)c1F. The number of amides is 1. The third-order valence-electron chi connectivity index (χ3n) is 11.5. The molecular formula is C42H42F2N8O3. The second-order valence-corrected chi connectivity index (χ2v) is 15.7. The van der Waals surface area contributed by atoms with E-state index in [2.05, 4.69) is 36.1 Å². The Balaban J connectivity index is 1.12. The number of H-pyrrole nitrogens is 1. The predicted octanol–water partition coefficient (Wildman–Crippen LogP) is 7.51. The molecule has 2 atom stereocenters. The standard InChI is InChI=1S/C42H42F2N8O3/c1-23-17-29(18-24(2)37(23)43)52-39(51-15-14-50(41(51)54)35-10-9-34-30(38(35)44)22-45-48(34)6)36-25(3)49(13-11-32(36)47-52)40(53)33-20-28-19-26(7-8-31(28)46-33)27-12-16-55-42(4,5)21-27/h7-10,14-15,17-20,22,25,27,46H,11-13,16,21H2,1-6H3. The molecule has 55 heavy (non-hydrogen) atoms. The molecule has 282 valence electrons. The number of fused-ring (bicyclic) bond motifs is 3. The summed E-state index contributed by atoms with van der Waals surface area (Å²) in [5.74, 6) is -0.291. The number of ether oxygens (including phenoxy) is 1. The van der Waals surface area contributed by atoms with Crippen molar-refractivity contribution in [3.8, 4) is 17.2 Å². The molecule has 0 bridgehead atoms. The highest BCUT2D eigenvalue weighted by molar-refractivity contribution is 5.98. The number of hydrogen-bond acceptors (Lipinski definition) is 5. The number of aryl methyl sites for hydroxylation is 3. The van der Waals surface area contributed by atoms with E-state index in [-0.39, 0.29) is 23.0 Å². The van der Waals surface area contributed by atoms with Crippen LogP contribution in [0, 0.1) is 25.5 Å². The molecule has 2 unspecified atom stereocenters. The average Bonchev–Trinajstić information content (AvgIpc) is 3.94. The highest BCUT2D eigenvalue weighted by Gasteiger charge is 2.36. The van der Waals surface area contributed by atoms with E-state index in [0.29, 0.717) is 63.7 Å². The molecule has 0 spiro atoms. The first kappa shape index (κ1) is 34.9. The molecule has 2 aliphatic heterocycles. The van der Waals surface area contributed by atoms with E-state index in [4.69, 9.17) is 9.84 Å². The van der Waals surface area contributed by atoms with Crippen molar-refractivity contribution in [2.75, 3.05) is 13.2 Å². The topological polar surface area (TPSA) is 108 Å². The quantitative estimate of drug-likeness (QED) is 0.196. The Labute approximate surface area is 315 Å². The molecule has 6 heterocycles. The molecule has 1 saturated heterocycles. The maximum Gasteiger partial charge on any atom is 0.338 e. The molecule has 0 radical (unpaired) electrons. The fourth-order valence-electron chi connectivity index (χ4n) is 8.67.